The van der Waals surface area contributed by atoms with E-state index in [1.807, 2.05) is 54.2 Å². The maximum Gasteiger partial charge on any atom is 0.271 e. The summed E-state index contributed by atoms with van der Waals surface area (Å²) in [6, 6.07) is 14.5. The summed E-state index contributed by atoms with van der Waals surface area (Å²) in [5, 5.41) is 6.21. The molecule has 0 saturated heterocycles. The summed E-state index contributed by atoms with van der Waals surface area (Å²) in [7, 11) is 3.52. The van der Waals surface area contributed by atoms with Gasteiger partial charge in [0.05, 0.1) is 7.11 Å². The summed E-state index contributed by atoms with van der Waals surface area (Å²) in [5.74, 6) is 1.22. The number of imidazole rings is 1. The van der Waals surface area contributed by atoms with Gasteiger partial charge in [-0.1, -0.05) is 23.7 Å². The third-order valence-corrected chi connectivity index (χ3v) is 5.81. The average molecular weight is 439 g/mol. The highest BCUT2D eigenvalue weighted by Crippen LogP contribution is 2.27. The van der Waals surface area contributed by atoms with Gasteiger partial charge in [-0.05, 0) is 42.0 Å². The van der Waals surface area contributed by atoms with Crippen LogP contribution < -0.4 is 10.1 Å². The van der Waals surface area contributed by atoms with Crippen LogP contribution in [0.15, 0.2) is 66.3 Å². The molecule has 1 amide bonds. The van der Waals surface area contributed by atoms with Gasteiger partial charge in [-0.15, -0.1) is 11.3 Å². The van der Waals surface area contributed by atoms with Gasteiger partial charge in [-0.2, -0.15) is 0 Å². The van der Waals surface area contributed by atoms with Crippen molar-refractivity contribution in [2.75, 3.05) is 7.11 Å². The van der Waals surface area contributed by atoms with E-state index in [1.54, 1.807) is 30.8 Å². The van der Waals surface area contributed by atoms with E-state index in [0.29, 0.717) is 10.7 Å². The average Bonchev–Trinajstić information content (AvgIpc) is 3.42. The van der Waals surface area contributed by atoms with Crippen molar-refractivity contribution in [3.8, 4) is 16.3 Å². The lowest BCUT2D eigenvalue weighted by molar-refractivity contribution is 0.0937. The van der Waals surface area contributed by atoms with Gasteiger partial charge in [0.2, 0.25) is 0 Å². The summed E-state index contributed by atoms with van der Waals surface area (Å²) in [6.07, 6.45) is 3.55. The number of carbonyl (C=O) groups is 1. The fourth-order valence-corrected chi connectivity index (χ4v) is 3.99. The standard InChI is InChI=1S/C22H19ClN4O2S/c1-27-12-11-24-20(27)19(14-3-7-16(23)8-4-14)26-21(28)18-13-30-22(25-18)15-5-9-17(29-2)10-6-15/h3-13,19H,1-2H3,(H,26,28)/t19-/m1/s1. The van der Waals surface area contributed by atoms with Crippen LogP contribution in [0.3, 0.4) is 0 Å². The molecule has 1 atom stereocenters. The molecule has 30 heavy (non-hydrogen) atoms. The number of ether oxygens (including phenoxy) is 1. The van der Waals surface area contributed by atoms with Gasteiger partial charge in [0, 0.05) is 35.4 Å². The number of methoxy groups -OCH3 is 1. The molecule has 0 aliphatic carbocycles. The molecule has 0 aliphatic heterocycles. The van der Waals surface area contributed by atoms with Gasteiger partial charge in [-0.25, -0.2) is 9.97 Å². The number of benzene rings is 2. The number of nitrogens with one attached hydrogen (secondary N) is 1. The number of aromatic nitrogens is 3. The summed E-state index contributed by atoms with van der Waals surface area (Å²) in [6.45, 7) is 0. The van der Waals surface area contributed by atoms with Crippen LogP contribution in [0.25, 0.3) is 10.6 Å². The highest BCUT2D eigenvalue weighted by Gasteiger charge is 2.23. The van der Waals surface area contributed by atoms with E-state index in [4.69, 9.17) is 16.3 Å². The van der Waals surface area contributed by atoms with Gasteiger partial charge in [0.25, 0.3) is 5.91 Å². The Kier molecular flexibility index (Phi) is 5.83. The quantitative estimate of drug-likeness (QED) is 0.472. The number of carbonyl (C=O) groups excluding carboxylic acids is 1. The molecule has 0 bridgehead atoms. The molecule has 152 valence electrons. The number of rotatable bonds is 6. The van der Waals surface area contributed by atoms with Gasteiger partial charge >= 0.3 is 0 Å². The number of halogens is 1. The van der Waals surface area contributed by atoms with Crippen LogP contribution >= 0.6 is 22.9 Å². The topological polar surface area (TPSA) is 69.0 Å². The largest absolute Gasteiger partial charge is 0.497 e. The molecule has 0 aliphatic rings. The van der Waals surface area contributed by atoms with Crippen LogP contribution in [0.5, 0.6) is 5.75 Å². The van der Waals surface area contributed by atoms with Crippen molar-refractivity contribution < 1.29 is 9.53 Å². The third kappa shape index (κ3) is 4.22. The summed E-state index contributed by atoms with van der Waals surface area (Å²) in [5.41, 5.74) is 2.17. The molecule has 2 aromatic heterocycles. The van der Waals surface area contributed by atoms with E-state index in [9.17, 15) is 4.79 Å². The maximum absolute atomic E-state index is 13.0. The number of amides is 1. The predicted octanol–water partition coefficient (Wildman–Crippen LogP) is 4.73. The first-order chi connectivity index (χ1) is 14.5. The van der Waals surface area contributed by atoms with E-state index in [0.717, 1.165) is 27.7 Å². The second-order valence-electron chi connectivity index (χ2n) is 6.62. The molecular formula is C22H19ClN4O2S. The molecule has 2 heterocycles. The number of thiazole rings is 1. The Morgan fingerprint density at radius 2 is 1.90 bits per heavy atom. The number of hydrogen-bond acceptors (Lipinski definition) is 5. The van der Waals surface area contributed by atoms with Crippen molar-refractivity contribution in [3.05, 3.63) is 88.4 Å². The molecule has 0 saturated carbocycles. The van der Waals surface area contributed by atoms with Gasteiger partial charge in [0.1, 0.15) is 28.3 Å². The zero-order valence-electron chi connectivity index (χ0n) is 16.4. The lowest BCUT2D eigenvalue weighted by Gasteiger charge is -2.18. The molecule has 8 heteroatoms. The summed E-state index contributed by atoms with van der Waals surface area (Å²) >= 11 is 7.45. The normalized spacial score (nSPS) is 11.8. The van der Waals surface area contributed by atoms with Gasteiger partial charge < -0.3 is 14.6 Å². The van der Waals surface area contributed by atoms with E-state index in [2.05, 4.69) is 15.3 Å². The van der Waals surface area contributed by atoms with Gasteiger partial charge in [-0.3, -0.25) is 4.79 Å². The molecule has 0 spiro atoms. The van der Waals surface area contributed by atoms with E-state index >= 15 is 0 Å². The lowest BCUT2D eigenvalue weighted by atomic mass is 10.1. The number of hydrogen-bond donors (Lipinski definition) is 1. The zero-order chi connectivity index (χ0) is 21.1. The van der Waals surface area contributed by atoms with E-state index < -0.39 is 6.04 Å². The fourth-order valence-electron chi connectivity index (χ4n) is 3.06. The number of aryl methyl sites for hydroxylation is 1. The highest BCUT2D eigenvalue weighted by atomic mass is 35.5. The Bertz CT molecular complexity index is 1150. The van der Waals surface area contributed by atoms with Crippen LogP contribution in [0.2, 0.25) is 5.02 Å². The first kappa shape index (κ1) is 20.1. The van der Waals surface area contributed by atoms with E-state index in [-0.39, 0.29) is 5.91 Å². The molecule has 4 aromatic rings. The Morgan fingerprint density at radius 3 is 2.53 bits per heavy atom. The van der Waals surface area contributed by atoms with Crippen LogP contribution in [0.4, 0.5) is 0 Å². The van der Waals surface area contributed by atoms with Gasteiger partial charge in [0.15, 0.2) is 0 Å². The first-order valence-electron chi connectivity index (χ1n) is 9.18. The molecule has 4 rings (SSSR count). The Labute approximate surface area is 183 Å². The highest BCUT2D eigenvalue weighted by molar-refractivity contribution is 7.13. The van der Waals surface area contributed by atoms with Crippen LogP contribution in [0, 0.1) is 0 Å². The fraction of sp³-hybridized carbons (Fsp3) is 0.136. The minimum atomic E-state index is -0.430. The SMILES string of the molecule is COc1ccc(-c2nc(C(=O)N[C@H](c3ccc(Cl)cc3)c3nccn3C)cs2)cc1. The minimum Gasteiger partial charge on any atom is -0.497 e. The predicted molar refractivity (Wildman–Crippen MR) is 118 cm³/mol. The summed E-state index contributed by atoms with van der Waals surface area (Å²) in [4.78, 5) is 21.9. The monoisotopic (exact) mass is 438 g/mol. The minimum absolute atomic E-state index is 0.269. The van der Waals surface area contributed by atoms with Crippen LogP contribution in [-0.2, 0) is 7.05 Å². The van der Waals surface area contributed by atoms with Crippen molar-refractivity contribution >= 4 is 28.8 Å². The van der Waals surface area contributed by atoms with Crippen LogP contribution in [-0.4, -0.2) is 27.6 Å². The molecule has 6 nitrogen and oxygen atoms in total. The summed E-state index contributed by atoms with van der Waals surface area (Å²) < 4.78 is 7.07. The Hall–Kier alpha value is -3.16. The molecular weight excluding hydrogens is 420 g/mol. The third-order valence-electron chi connectivity index (χ3n) is 4.67. The molecule has 0 fully saturated rings. The van der Waals surface area contributed by atoms with Crippen molar-refractivity contribution in [3.63, 3.8) is 0 Å². The van der Waals surface area contributed by atoms with Crippen molar-refractivity contribution in [1.82, 2.24) is 19.9 Å². The Balaban J connectivity index is 1.59. The zero-order valence-corrected chi connectivity index (χ0v) is 17.9. The molecule has 1 N–H and O–H groups in total. The first-order valence-corrected chi connectivity index (χ1v) is 10.4. The lowest BCUT2D eigenvalue weighted by Crippen LogP contribution is -2.31. The molecule has 0 unspecified atom stereocenters. The maximum atomic E-state index is 13.0. The van der Waals surface area contributed by atoms with Crippen molar-refractivity contribution in [2.45, 2.75) is 6.04 Å². The van der Waals surface area contributed by atoms with Crippen LogP contribution in [0.1, 0.15) is 27.9 Å². The Morgan fingerprint density at radius 1 is 1.17 bits per heavy atom. The smallest absolute Gasteiger partial charge is 0.271 e. The second-order valence-corrected chi connectivity index (χ2v) is 7.92. The number of nitrogens with zero attached hydrogens (tertiary/aromatic N) is 3. The van der Waals surface area contributed by atoms with E-state index in [1.165, 1.54) is 11.3 Å². The molecule has 2 aromatic carbocycles. The second kappa shape index (κ2) is 8.69. The van der Waals surface area contributed by atoms with Crippen molar-refractivity contribution in [1.29, 1.82) is 0 Å². The molecule has 0 radical (unpaired) electrons. The van der Waals surface area contributed by atoms with Crippen molar-refractivity contribution in [2.24, 2.45) is 7.05 Å².